The molecule has 1 aliphatic heterocycles. The minimum atomic E-state index is -0.602. The van der Waals surface area contributed by atoms with Crippen molar-refractivity contribution in [2.75, 3.05) is 24.5 Å². The number of fused-ring (bicyclic) bond motifs is 5. The molecule has 0 saturated carbocycles. The lowest BCUT2D eigenvalue weighted by Crippen LogP contribution is -2.54. The van der Waals surface area contributed by atoms with Crippen molar-refractivity contribution >= 4 is 55.9 Å². The van der Waals surface area contributed by atoms with E-state index in [2.05, 4.69) is 21.5 Å². The Balaban J connectivity index is 1.79. The second-order valence-electron chi connectivity index (χ2n) is 11.2. The van der Waals surface area contributed by atoms with Gasteiger partial charge in [-0.2, -0.15) is 4.98 Å². The van der Waals surface area contributed by atoms with Crippen LogP contribution in [0, 0.1) is 12.7 Å². The van der Waals surface area contributed by atoms with Gasteiger partial charge in [0.05, 0.1) is 32.8 Å². The van der Waals surface area contributed by atoms with Crippen LogP contribution in [0.5, 0.6) is 0 Å². The first-order valence-electron chi connectivity index (χ1n) is 14.1. The zero-order chi connectivity index (χ0) is 30.7. The van der Waals surface area contributed by atoms with E-state index in [1.807, 2.05) is 32.6 Å². The van der Waals surface area contributed by atoms with Crippen molar-refractivity contribution in [1.82, 2.24) is 24.4 Å². The van der Waals surface area contributed by atoms with Crippen LogP contribution in [0.1, 0.15) is 37.9 Å². The number of anilines is 1. The van der Waals surface area contributed by atoms with E-state index in [0.717, 1.165) is 5.56 Å². The Bertz CT molecular complexity index is 2100. The molecule has 1 saturated heterocycles. The molecule has 4 heterocycles. The van der Waals surface area contributed by atoms with Gasteiger partial charge in [0.25, 0.3) is 5.56 Å². The molecule has 1 fully saturated rings. The van der Waals surface area contributed by atoms with Gasteiger partial charge in [-0.1, -0.05) is 38.1 Å². The van der Waals surface area contributed by atoms with Gasteiger partial charge in [-0.25, -0.2) is 9.18 Å². The molecule has 1 atom stereocenters. The molecule has 11 heteroatoms. The molecular formula is C32H30ClFN6O3. The predicted molar refractivity (Wildman–Crippen MR) is 168 cm³/mol. The van der Waals surface area contributed by atoms with Crippen molar-refractivity contribution in [3.63, 3.8) is 0 Å². The van der Waals surface area contributed by atoms with Crippen molar-refractivity contribution in [3.8, 4) is 5.69 Å². The predicted octanol–water partition coefficient (Wildman–Crippen LogP) is 5.22. The number of hydrogen-bond donors (Lipinski definition) is 1. The molecule has 5 aromatic rings. The Kier molecular flexibility index (Phi) is 7.04. The molecule has 0 radical (unpaired) electrons. The van der Waals surface area contributed by atoms with E-state index in [1.165, 1.54) is 28.8 Å². The number of hydrogen-bond acceptors (Lipinski definition) is 6. The number of nitrogens with zero attached hydrogens (tertiary/aromatic N) is 5. The molecule has 3 aromatic heterocycles. The van der Waals surface area contributed by atoms with E-state index in [1.54, 1.807) is 23.2 Å². The fourth-order valence-electron chi connectivity index (χ4n) is 6.17. The van der Waals surface area contributed by atoms with Gasteiger partial charge < -0.3 is 14.8 Å². The topological polar surface area (TPSA) is 104 Å². The zero-order valence-electron chi connectivity index (χ0n) is 24.2. The van der Waals surface area contributed by atoms with Crippen LogP contribution < -0.4 is 16.1 Å². The van der Waals surface area contributed by atoms with E-state index in [9.17, 15) is 14.4 Å². The summed E-state index contributed by atoms with van der Waals surface area (Å²) in [5.41, 5.74) is 1.44. The summed E-state index contributed by atoms with van der Waals surface area (Å²) >= 11 is 6.92. The summed E-state index contributed by atoms with van der Waals surface area (Å²) in [5, 5.41) is 1.20. The van der Waals surface area contributed by atoms with Crippen LogP contribution in [0.4, 0.5) is 10.2 Å². The van der Waals surface area contributed by atoms with E-state index >= 15 is 4.39 Å². The van der Waals surface area contributed by atoms with Crippen molar-refractivity contribution in [2.45, 2.75) is 39.7 Å². The standard InChI is InChI=1S/C32H30ClFN6O3/c1-6-23(41)38-12-13-39(18(5)15-38)30-20-14-21(33)25-24-19(8-7-9-22(24)34)31(42)36-27(25)29(20)40(32(43)37-30)28-17(4)10-11-35-26(28)16(2)3/h6-11,14,16,18H,1,12-13,15H2,2-5H3,(H,36,42)/t18-/m0/s1. The first kappa shape index (κ1) is 28.5. The molecule has 0 unspecified atom stereocenters. The number of carbonyl (C=O) groups excluding carboxylic acids is 1. The Morgan fingerprint density at radius 2 is 1.95 bits per heavy atom. The Labute approximate surface area is 251 Å². The molecule has 2 aromatic carbocycles. The van der Waals surface area contributed by atoms with E-state index in [4.69, 9.17) is 11.6 Å². The molecule has 1 aliphatic rings. The van der Waals surface area contributed by atoms with Gasteiger partial charge in [0.2, 0.25) is 5.91 Å². The summed E-state index contributed by atoms with van der Waals surface area (Å²) in [6.45, 7) is 12.6. The molecule has 0 spiro atoms. The number of piperazine rings is 1. The fraction of sp³-hybridized carbons (Fsp3) is 0.281. The van der Waals surface area contributed by atoms with Gasteiger partial charge in [0.15, 0.2) is 0 Å². The highest BCUT2D eigenvalue weighted by Gasteiger charge is 2.31. The summed E-state index contributed by atoms with van der Waals surface area (Å²) in [4.78, 5) is 55.7. The first-order chi connectivity index (χ1) is 20.5. The molecule has 1 N–H and O–H groups in total. The molecule has 43 heavy (non-hydrogen) atoms. The number of aryl methyl sites for hydroxylation is 1. The summed E-state index contributed by atoms with van der Waals surface area (Å²) < 4.78 is 16.9. The molecule has 6 rings (SSSR count). The third kappa shape index (κ3) is 4.48. The van der Waals surface area contributed by atoms with Crippen molar-refractivity contribution in [3.05, 3.63) is 92.1 Å². The Morgan fingerprint density at radius 1 is 1.19 bits per heavy atom. The number of halogens is 2. The van der Waals surface area contributed by atoms with Gasteiger partial charge in [-0.05, 0) is 55.7 Å². The molecule has 220 valence electrons. The van der Waals surface area contributed by atoms with Crippen LogP contribution in [0.3, 0.4) is 0 Å². The summed E-state index contributed by atoms with van der Waals surface area (Å²) in [5.74, 6) is -0.466. The summed E-state index contributed by atoms with van der Waals surface area (Å²) in [6, 6.07) is 7.56. The quantitative estimate of drug-likeness (QED) is 0.224. The van der Waals surface area contributed by atoms with Gasteiger partial charge in [0, 0.05) is 48.0 Å². The van der Waals surface area contributed by atoms with Crippen LogP contribution in [-0.4, -0.2) is 56.0 Å². The number of H-pyrrole nitrogens is 1. The lowest BCUT2D eigenvalue weighted by molar-refractivity contribution is -0.126. The third-order valence-electron chi connectivity index (χ3n) is 8.17. The normalized spacial score (nSPS) is 15.7. The zero-order valence-corrected chi connectivity index (χ0v) is 25.0. The number of carbonyl (C=O) groups is 1. The average molecular weight is 601 g/mol. The number of aromatic amines is 1. The molecule has 9 nitrogen and oxygen atoms in total. The van der Waals surface area contributed by atoms with Crippen molar-refractivity contribution in [2.24, 2.45) is 0 Å². The maximum atomic E-state index is 15.4. The van der Waals surface area contributed by atoms with Gasteiger partial charge in [-0.3, -0.25) is 19.1 Å². The molecule has 0 bridgehead atoms. The Morgan fingerprint density at radius 3 is 2.65 bits per heavy atom. The minimum absolute atomic E-state index is 0.0529. The number of nitrogens with one attached hydrogen (secondary N) is 1. The number of pyridine rings is 2. The summed E-state index contributed by atoms with van der Waals surface area (Å²) in [6.07, 6.45) is 2.97. The van der Waals surface area contributed by atoms with E-state index < -0.39 is 17.1 Å². The number of rotatable bonds is 4. The van der Waals surface area contributed by atoms with E-state index in [-0.39, 0.29) is 44.6 Å². The lowest BCUT2D eigenvalue weighted by atomic mass is 10.0. The van der Waals surface area contributed by atoms with Gasteiger partial charge in [0.1, 0.15) is 11.6 Å². The fourth-order valence-corrected chi connectivity index (χ4v) is 6.46. The average Bonchev–Trinajstić information content (AvgIpc) is 2.97. The van der Waals surface area contributed by atoms with Crippen LogP contribution >= 0.6 is 11.6 Å². The maximum Gasteiger partial charge on any atom is 0.354 e. The maximum absolute atomic E-state index is 15.4. The smallest absolute Gasteiger partial charge is 0.350 e. The first-order valence-corrected chi connectivity index (χ1v) is 14.4. The Hall–Kier alpha value is -4.57. The highest BCUT2D eigenvalue weighted by atomic mass is 35.5. The lowest BCUT2D eigenvalue weighted by Gasteiger charge is -2.40. The van der Waals surface area contributed by atoms with Crippen molar-refractivity contribution in [1.29, 1.82) is 0 Å². The minimum Gasteiger partial charge on any atom is -0.350 e. The van der Waals surface area contributed by atoms with Crippen LogP contribution in [0.2, 0.25) is 5.02 Å². The highest BCUT2D eigenvalue weighted by Crippen LogP contribution is 2.39. The highest BCUT2D eigenvalue weighted by molar-refractivity contribution is 6.40. The van der Waals surface area contributed by atoms with Crippen LogP contribution in [-0.2, 0) is 4.79 Å². The van der Waals surface area contributed by atoms with Crippen LogP contribution in [0.25, 0.3) is 38.3 Å². The van der Waals surface area contributed by atoms with Gasteiger partial charge in [-0.15, -0.1) is 0 Å². The third-order valence-corrected chi connectivity index (χ3v) is 8.46. The van der Waals surface area contributed by atoms with Gasteiger partial charge >= 0.3 is 5.69 Å². The molecule has 1 amide bonds. The molecule has 0 aliphatic carbocycles. The second-order valence-corrected chi connectivity index (χ2v) is 11.6. The van der Waals surface area contributed by atoms with Crippen LogP contribution in [0.15, 0.2) is 58.8 Å². The van der Waals surface area contributed by atoms with E-state index in [0.29, 0.717) is 47.7 Å². The number of benzene rings is 2. The second kappa shape index (κ2) is 10.6. The number of aromatic nitrogens is 4. The monoisotopic (exact) mass is 600 g/mol. The summed E-state index contributed by atoms with van der Waals surface area (Å²) in [7, 11) is 0. The SMILES string of the molecule is C=CC(=O)N1CCN(c2nc(=O)n(-c3c(C)ccnc3C(C)C)c3c2cc(Cl)c2c3[nH]c(=O)c3cccc(F)c32)[C@@H](C)C1. The molecular weight excluding hydrogens is 571 g/mol. The largest absolute Gasteiger partial charge is 0.354 e. The van der Waals surface area contributed by atoms with Crippen molar-refractivity contribution < 1.29 is 9.18 Å². The number of amides is 1.